The van der Waals surface area contributed by atoms with Crippen molar-refractivity contribution in [3.63, 3.8) is 0 Å². The monoisotopic (exact) mass is 1750 g/mol. The Morgan fingerprint density at radius 1 is 0.358 bits per heavy atom. The summed E-state index contributed by atoms with van der Waals surface area (Å²) in [5.74, 6) is -28.9. The van der Waals surface area contributed by atoms with Crippen LogP contribution in [-0.2, 0) is 115 Å². The van der Waals surface area contributed by atoms with Crippen LogP contribution in [0.4, 0.5) is 0 Å². The van der Waals surface area contributed by atoms with Gasteiger partial charge in [0, 0.05) is 44.3 Å². The first-order valence-electron chi connectivity index (χ1n) is 39.0. The van der Waals surface area contributed by atoms with Crippen LogP contribution in [0.1, 0.15) is 135 Å². The van der Waals surface area contributed by atoms with Gasteiger partial charge in [-0.2, -0.15) is 12.6 Å². The Hall–Kier alpha value is -12.9. The average Bonchev–Trinajstić information content (AvgIpc) is 0.847. The highest BCUT2D eigenvalue weighted by molar-refractivity contribution is 7.80. The van der Waals surface area contributed by atoms with Gasteiger partial charge in [-0.1, -0.05) is 107 Å². The Morgan fingerprint density at radius 2 is 0.667 bits per heavy atom. The number of hydrogen-bond acceptors (Lipinski definition) is 25. The summed E-state index contributed by atoms with van der Waals surface area (Å²) in [6, 6.07) is -3.55. The third-order valence-electron chi connectivity index (χ3n) is 19.0. The van der Waals surface area contributed by atoms with Gasteiger partial charge >= 0.3 is 35.8 Å². The van der Waals surface area contributed by atoms with Crippen LogP contribution >= 0.6 is 12.6 Å². The molecule has 0 spiro atoms. The van der Waals surface area contributed by atoms with E-state index in [-0.39, 0.29) is 50.8 Å². The van der Waals surface area contributed by atoms with Crippen molar-refractivity contribution in [1.82, 2.24) is 69.1 Å². The highest BCUT2D eigenvalue weighted by Crippen LogP contribution is 2.18. The topological polar surface area (TPSA) is 738 Å². The number of phenolic OH excluding ortho intramolecular Hbond substituents is 1. The number of aliphatic carboxylic acids is 6. The molecule has 14 amide bonds. The molecule has 45 heteroatoms. The summed E-state index contributed by atoms with van der Waals surface area (Å²) in [5.41, 5.74) is 18.4. The maximum Gasteiger partial charge on any atom is 0.326 e. The minimum Gasteiger partial charge on any atom is -0.508 e. The Bertz CT molecular complexity index is 4190. The molecule has 16 atom stereocenters. The van der Waals surface area contributed by atoms with Crippen molar-refractivity contribution >= 4 is 131 Å². The molecule has 0 saturated carbocycles. The molecule has 0 heterocycles. The highest BCUT2D eigenvalue weighted by atomic mass is 32.1. The molecule has 0 aromatic heterocycles. The number of benzene rings is 3. The fourth-order valence-electron chi connectivity index (χ4n) is 11.9. The summed E-state index contributed by atoms with van der Waals surface area (Å²) >= 11 is 4.34. The predicted octanol–water partition coefficient (Wildman–Crippen LogP) is -5.30. The number of phenols is 1. The van der Waals surface area contributed by atoms with E-state index >= 15 is 0 Å². The number of aromatic hydroxyl groups is 1. The summed E-state index contributed by atoms with van der Waals surface area (Å²) in [4.78, 5) is 269. The van der Waals surface area contributed by atoms with Gasteiger partial charge in [0.15, 0.2) is 0 Å². The smallest absolute Gasteiger partial charge is 0.326 e. The molecule has 123 heavy (non-hydrogen) atoms. The number of amides is 14. The van der Waals surface area contributed by atoms with Crippen molar-refractivity contribution in [3.05, 3.63) is 102 Å². The minimum atomic E-state index is -2.23. The number of unbranched alkanes of at least 4 members (excludes halogenated alkanes) is 1. The second kappa shape index (κ2) is 53.0. The van der Waals surface area contributed by atoms with Gasteiger partial charge in [0.1, 0.15) is 90.3 Å². The van der Waals surface area contributed by atoms with Gasteiger partial charge in [0.05, 0.1) is 25.4 Å². The fourth-order valence-corrected chi connectivity index (χ4v) is 12.1. The van der Waals surface area contributed by atoms with Crippen LogP contribution in [0.5, 0.6) is 5.75 Å². The van der Waals surface area contributed by atoms with Crippen LogP contribution in [0.3, 0.4) is 0 Å². The van der Waals surface area contributed by atoms with Crippen molar-refractivity contribution in [2.45, 2.75) is 228 Å². The number of hydrogen-bond donors (Lipinski definition) is 25. The number of nitrogens with one attached hydrogen (secondary N) is 13. The normalized spacial score (nSPS) is 14.9. The first-order valence-corrected chi connectivity index (χ1v) is 39.7. The molecule has 676 valence electrons. The SMILES string of the molecule is CC[C@H](C)[C@H](NC(=O)[C@H](Cc1ccc(O)cc1)NC(=O)[C@@H](N)[C@@H](C)O)C(=O)N[C@@H](CS)C(=O)N[C@@H](Cc1ccccc1)C(=O)N[C@H](C(=O)N[C@@H](Cc1ccccc1)C(=O)N[C@@H](CC(=O)O)C(=O)N[C@@H](CCC(N)=O)C(=O)N[C@@H](CCCCN)C(=O)N[C@@H](CCC(=O)O)C(=O)N[C@@H](CCC(=O)O)C(=O)N[C@@H](CC(=O)O)C(=O)N[C@@H](CC(=O)O)C(=O)O)C(C)C. The van der Waals surface area contributed by atoms with Crippen molar-refractivity contribution in [2.24, 2.45) is 29.0 Å². The van der Waals surface area contributed by atoms with Crippen LogP contribution < -0.4 is 86.3 Å². The van der Waals surface area contributed by atoms with Crippen molar-refractivity contribution in [1.29, 1.82) is 0 Å². The molecule has 0 aliphatic heterocycles. The lowest BCUT2D eigenvalue weighted by atomic mass is 9.96. The summed E-state index contributed by atoms with van der Waals surface area (Å²) in [7, 11) is 0. The first kappa shape index (κ1) is 104. The van der Waals surface area contributed by atoms with E-state index in [0.717, 1.165) is 0 Å². The van der Waals surface area contributed by atoms with Gasteiger partial charge in [-0.3, -0.25) is 91.1 Å². The van der Waals surface area contributed by atoms with Gasteiger partial charge < -0.3 is 127 Å². The maximum atomic E-state index is 14.8. The second-order valence-electron chi connectivity index (χ2n) is 29.3. The Balaban J connectivity index is 2.02. The van der Waals surface area contributed by atoms with E-state index in [0.29, 0.717) is 16.7 Å². The summed E-state index contributed by atoms with van der Waals surface area (Å²) < 4.78 is 0. The zero-order chi connectivity index (χ0) is 92.5. The van der Waals surface area contributed by atoms with Crippen LogP contribution in [0.2, 0.25) is 0 Å². The molecule has 27 N–H and O–H groups in total. The predicted molar refractivity (Wildman–Crippen MR) is 434 cm³/mol. The number of nitrogens with two attached hydrogens (primary N) is 3. The third-order valence-corrected chi connectivity index (χ3v) is 19.4. The molecule has 3 rings (SSSR count). The molecule has 3 aromatic rings. The molecule has 0 unspecified atom stereocenters. The lowest BCUT2D eigenvalue weighted by Crippen LogP contribution is -2.62. The fraction of sp³-hybridized carbons (Fsp3) is 0.513. The summed E-state index contributed by atoms with van der Waals surface area (Å²) in [6.07, 6.45) is -10.9. The molecule has 0 bridgehead atoms. The largest absolute Gasteiger partial charge is 0.508 e. The van der Waals surface area contributed by atoms with E-state index in [9.17, 15) is 132 Å². The van der Waals surface area contributed by atoms with E-state index in [1.54, 1.807) is 67.7 Å². The molecule has 0 aliphatic rings. The van der Waals surface area contributed by atoms with Gasteiger partial charge in [0.25, 0.3) is 0 Å². The van der Waals surface area contributed by atoms with Crippen molar-refractivity contribution < 1.29 is 137 Å². The van der Waals surface area contributed by atoms with E-state index < -0.39 is 291 Å². The first-order chi connectivity index (χ1) is 57.9. The molecule has 3 aromatic carbocycles. The Morgan fingerprint density at radius 3 is 1.03 bits per heavy atom. The average molecular weight is 1750 g/mol. The van der Waals surface area contributed by atoms with Crippen LogP contribution in [-0.4, -0.2) is 262 Å². The Labute approximate surface area is 710 Å². The zero-order valence-corrected chi connectivity index (χ0v) is 68.9. The number of aliphatic hydroxyl groups is 1. The minimum absolute atomic E-state index is 0.00861. The number of thiol groups is 1. The number of carbonyl (C=O) groups is 20. The lowest BCUT2D eigenvalue weighted by molar-refractivity contribution is -0.148. The number of aliphatic hydroxyl groups excluding tert-OH is 1. The van der Waals surface area contributed by atoms with Crippen LogP contribution in [0.15, 0.2) is 84.9 Å². The standard InChI is InChI=1S/C78H110N16O28S/c1-6-39(4)64(94-73(116)51(89-75(118)62(81)40(5)95)33-43-20-22-44(96)23-21-43)77(120)92-55(37-123)74(117)86-50(32-42-17-11-8-12-18-42)72(115)93-63(38(2)3)76(119)90-49(31-41-15-9-7-10-16-41)69(112)88-52(34-59(102)103)70(113)85-46(24-27-56(80)97)66(109)82-45(19-13-14-30-79)65(108)83-47(25-28-57(98)99)67(110)84-48(26-29-58(100)101)68(111)87-53(35-60(104)105)71(114)91-54(78(121)122)36-61(106)107/h7-12,15-18,20-23,38-40,45-55,62-64,95-96,123H,6,13-14,19,24-37,79,81H2,1-5H3,(H2,80,97)(H,82,109)(H,83,108)(H,84,110)(H,85,113)(H,86,117)(H,87,111)(H,88,112)(H,89,118)(H,90,119)(H,91,114)(H,92,120)(H,93,115)(H,94,116)(H,98,99)(H,100,101)(H,102,103)(H,104,105)(H,106,107)(H,121,122)/t39-,40+,45-,46-,47-,48-,49-,50-,51-,52-,53-,54-,55-,62-,63-,64-/m0/s1. The van der Waals surface area contributed by atoms with Crippen LogP contribution in [0, 0.1) is 11.8 Å². The van der Waals surface area contributed by atoms with Gasteiger partial charge in [-0.25, -0.2) is 4.79 Å². The molecule has 0 saturated heterocycles. The van der Waals surface area contributed by atoms with Gasteiger partial charge in [0.2, 0.25) is 82.7 Å². The molecular formula is C78H110N16O28S. The van der Waals surface area contributed by atoms with E-state index in [4.69, 9.17) is 22.3 Å². The summed E-state index contributed by atoms with van der Waals surface area (Å²) in [6.45, 7) is 7.60. The molecule has 0 radical (unpaired) electrons. The molecule has 44 nitrogen and oxygen atoms in total. The maximum absolute atomic E-state index is 14.8. The van der Waals surface area contributed by atoms with Crippen molar-refractivity contribution in [2.75, 3.05) is 12.3 Å². The second-order valence-corrected chi connectivity index (χ2v) is 29.6. The quantitative estimate of drug-likeness (QED) is 0.0185. The third kappa shape index (κ3) is 38.1. The van der Waals surface area contributed by atoms with E-state index in [1.165, 1.54) is 57.2 Å². The van der Waals surface area contributed by atoms with Gasteiger partial charge in [-0.15, -0.1) is 0 Å². The number of rotatable bonds is 57. The molecule has 0 aliphatic carbocycles. The highest BCUT2D eigenvalue weighted by Gasteiger charge is 2.40. The molecule has 0 fully saturated rings. The number of carboxylic acid groups (broad SMARTS) is 6. The van der Waals surface area contributed by atoms with Crippen LogP contribution in [0.25, 0.3) is 0 Å². The van der Waals surface area contributed by atoms with E-state index in [1.807, 2.05) is 5.32 Å². The Kier molecular flexibility index (Phi) is 44.9. The van der Waals surface area contributed by atoms with Crippen molar-refractivity contribution in [3.8, 4) is 5.75 Å². The number of primary amides is 1. The van der Waals surface area contributed by atoms with Gasteiger partial charge in [-0.05, 0) is 92.7 Å². The number of carboxylic acids is 6. The molecular weight excluding hydrogens is 1640 g/mol. The summed E-state index contributed by atoms with van der Waals surface area (Å²) in [5, 5.41) is 108. The number of carbonyl (C=O) groups excluding carboxylic acids is 14. The zero-order valence-electron chi connectivity index (χ0n) is 68.0. The van der Waals surface area contributed by atoms with E-state index in [2.05, 4.69) is 71.1 Å². The lowest BCUT2D eigenvalue weighted by Gasteiger charge is -2.30.